The van der Waals surface area contributed by atoms with E-state index in [-0.39, 0.29) is 0 Å². The normalized spacial score (nSPS) is 12.1. The molecule has 5 nitrogen and oxygen atoms in total. The van der Waals surface area contributed by atoms with Crippen LogP contribution < -0.4 is 20.7 Å². The molecule has 0 atom stereocenters. The fraction of sp³-hybridized carbons (Fsp3) is 0. The summed E-state index contributed by atoms with van der Waals surface area (Å²) < 4.78 is 6.99. The standard InChI is InChI=1S/C57H37N5SSi/c1-3-19-39(20-4-1)64(40-21-5-2-6-22-40,42-34-35-48-47-28-11-16-33-53(47)63-54(48)37-42)41-23-17-18-38(36-41)55-58-56(61-49-29-12-7-24-43(49)44-25-8-13-30-50(44)61)60-57(59-55)62-51-31-14-9-26-45(51)46-27-10-15-32-52(46)62/h1-37H. The summed E-state index contributed by atoms with van der Waals surface area (Å²) in [7, 11) is -2.98. The Morgan fingerprint density at radius 2 is 0.734 bits per heavy atom. The highest BCUT2D eigenvalue weighted by Gasteiger charge is 2.42. The Balaban J connectivity index is 1.10. The molecular weight excluding hydrogens is 815 g/mol. The second-order valence-corrected chi connectivity index (χ2v) is 21.3. The molecule has 64 heavy (non-hydrogen) atoms. The number of para-hydroxylation sites is 4. The van der Waals surface area contributed by atoms with Gasteiger partial charge in [0.1, 0.15) is 0 Å². The molecule has 0 N–H and O–H groups in total. The molecule has 13 rings (SSSR count). The van der Waals surface area contributed by atoms with Crippen LogP contribution in [0.15, 0.2) is 224 Å². The monoisotopic (exact) mass is 851 g/mol. The van der Waals surface area contributed by atoms with E-state index in [0.717, 1.165) is 49.2 Å². The Kier molecular flexibility index (Phi) is 8.34. The molecule has 300 valence electrons. The summed E-state index contributed by atoms with van der Waals surface area (Å²) in [6, 6.07) is 81.4. The summed E-state index contributed by atoms with van der Waals surface area (Å²) in [5, 5.41) is 12.4. The second-order valence-electron chi connectivity index (χ2n) is 16.4. The number of benzene rings is 9. The van der Waals surface area contributed by atoms with Gasteiger partial charge in [-0.25, -0.2) is 0 Å². The van der Waals surface area contributed by atoms with Crippen molar-refractivity contribution in [3.63, 3.8) is 0 Å². The molecule has 0 unspecified atom stereocenters. The highest BCUT2D eigenvalue weighted by Crippen LogP contribution is 2.36. The van der Waals surface area contributed by atoms with Gasteiger partial charge in [0.15, 0.2) is 13.9 Å². The predicted molar refractivity (Wildman–Crippen MR) is 270 cm³/mol. The molecule has 0 saturated heterocycles. The number of fused-ring (bicyclic) bond motifs is 9. The van der Waals surface area contributed by atoms with Crippen LogP contribution in [0.3, 0.4) is 0 Å². The second kappa shape index (κ2) is 14.6. The van der Waals surface area contributed by atoms with E-state index in [4.69, 9.17) is 15.0 Å². The van der Waals surface area contributed by atoms with E-state index in [1.54, 1.807) is 0 Å². The van der Waals surface area contributed by atoms with Gasteiger partial charge in [0, 0.05) is 47.3 Å². The minimum Gasteiger partial charge on any atom is -0.278 e. The van der Waals surface area contributed by atoms with Crippen LogP contribution in [-0.4, -0.2) is 32.2 Å². The predicted octanol–water partition coefficient (Wildman–Crippen LogP) is 11.5. The molecule has 0 aliphatic heterocycles. The fourth-order valence-corrected chi connectivity index (χ4v) is 16.2. The third kappa shape index (κ3) is 5.51. The van der Waals surface area contributed by atoms with Crippen molar-refractivity contribution in [1.29, 1.82) is 0 Å². The van der Waals surface area contributed by atoms with Crippen LogP contribution in [0.2, 0.25) is 0 Å². The highest BCUT2D eigenvalue weighted by molar-refractivity contribution is 7.26. The first-order valence-electron chi connectivity index (χ1n) is 21.6. The number of thiophene rings is 1. The number of hydrogen-bond donors (Lipinski definition) is 0. The van der Waals surface area contributed by atoms with Crippen LogP contribution in [0, 0.1) is 0 Å². The van der Waals surface area contributed by atoms with Crippen molar-refractivity contribution in [3.05, 3.63) is 224 Å². The lowest BCUT2D eigenvalue weighted by Gasteiger charge is -2.34. The highest BCUT2D eigenvalue weighted by atomic mass is 32.1. The molecule has 7 heteroatoms. The van der Waals surface area contributed by atoms with Crippen LogP contribution in [0.25, 0.3) is 87.1 Å². The maximum absolute atomic E-state index is 5.47. The van der Waals surface area contributed by atoms with Gasteiger partial charge in [-0.15, -0.1) is 11.3 Å². The first-order valence-corrected chi connectivity index (χ1v) is 24.4. The summed E-state index contributed by atoms with van der Waals surface area (Å²) in [6.07, 6.45) is 0. The third-order valence-corrected chi connectivity index (χ3v) is 18.8. The quantitative estimate of drug-likeness (QED) is 0.119. The van der Waals surface area contributed by atoms with Gasteiger partial charge in [-0.1, -0.05) is 188 Å². The Labute approximate surface area is 373 Å². The van der Waals surface area contributed by atoms with Gasteiger partial charge in [-0.3, -0.25) is 9.13 Å². The van der Waals surface area contributed by atoms with Crippen molar-refractivity contribution in [2.24, 2.45) is 0 Å². The van der Waals surface area contributed by atoms with Gasteiger partial charge >= 0.3 is 0 Å². The SMILES string of the molecule is c1ccc([Si](c2ccccc2)(c2cccc(-c3nc(-n4c5ccccc5c5ccccc54)nc(-n4c5ccccc5c5ccccc54)n3)c2)c2ccc3c(c2)sc2ccccc23)cc1. The topological polar surface area (TPSA) is 48.5 Å². The zero-order chi connectivity index (χ0) is 42.2. The van der Waals surface area contributed by atoms with Gasteiger partial charge in [0.05, 0.1) is 22.1 Å². The minimum atomic E-state index is -2.98. The van der Waals surface area contributed by atoms with Gasteiger partial charge < -0.3 is 0 Å². The van der Waals surface area contributed by atoms with E-state index in [1.165, 1.54) is 40.9 Å². The van der Waals surface area contributed by atoms with Crippen LogP contribution in [0.5, 0.6) is 0 Å². The Morgan fingerprint density at radius 1 is 0.312 bits per heavy atom. The molecule has 0 fully saturated rings. The van der Waals surface area contributed by atoms with Crippen molar-refractivity contribution in [1.82, 2.24) is 24.1 Å². The summed E-state index contributed by atoms with van der Waals surface area (Å²) in [4.78, 5) is 16.4. The number of aromatic nitrogens is 5. The van der Waals surface area contributed by atoms with E-state index in [2.05, 4.69) is 234 Å². The maximum Gasteiger partial charge on any atom is 0.240 e. The van der Waals surface area contributed by atoms with Crippen molar-refractivity contribution in [2.45, 2.75) is 0 Å². The molecule has 0 bridgehead atoms. The van der Waals surface area contributed by atoms with Gasteiger partial charge in [0.25, 0.3) is 0 Å². The zero-order valence-corrected chi connectivity index (χ0v) is 36.3. The summed E-state index contributed by atoms with van der Waals surface area (Å²) >= 11 is 1.87. The van der Waals surface area contributed by atoms with Crippen LogP contribution in [0.1, 0.15) is 0 Å². The zero-order valence-electron chi connectivity index (χ0n) is 34.5. The van der Waals surface area contributed by atoms with Gasteiger partial charge in [-0.2, -0.15) is 15.0 Å². The van der Waals surface area contributed by atoms with Crippen LogP contribution in [0.4, 0.5) is 0 Å². The Bertz CT molecular complexity index is 3650. The van der Waals surface area contributed by atoms with Crippen molar-refractivity contribution >= 4 is 104 Å². The van der Waals surface area contributed by atoms with Crippen LogP contribution >= 0.6 is 11.3 Å². The molecule has 13 aromatic rings. The minimum absolute atomic E-state index is 0.564. The van der Waals surface area contributed by atoms with Crippen molar-refractivity contribution in [3.8, 4) is 23.3 Å². The van der Waals surface area contributed by atoms with Crippen molar-refractivity contribution < 1.29 is 0 Å². The number of hydrogen-bond acceptors (Lipinski definition) is 4. The molecule has 4 aromatic heterocycles. The smallest absolute Gasteiger partial charge is 0.240 e. The lowest BCUT2D eigenvalue weighted by Crippen LogP contribution is -2.74. The fourth-order valence-electron chi connectivity index (χ4n) is 10.2. The molecule has 0 aliphatic carbocycles. The Morgan fingerprint density at radius 3 is 1.27 bits per heavy atom. The molecule has 0 radical (unpaired) electrons. The molecular formula is C57H37N5SSi. The van der Waals surface area contributed by atoms with E-state index >= 15 is 0 Å². The summed E-state index contributed by atoms with van der Waals surface area (Å²) in [5.41, 5.74) is 5.09. The Hall–Kier alpha value is -7.97. The van der Waals surface area contributed by atoms with E-state index in [0.29, 0.717) is 17.7 Å². The van der Waals surface area contributed by atoms with Crippen molar-refractivity contribution in [2.75, 3.05) is 0 Å². The molecule has 0 aliphatic rings. The number of rotatable bonds is 7. The van der Waals surface area contributed by atoms with Gasteiger partial charge in [0.2, 0.25) is 11.9 Å². The largest absolute Gasteiger partial charge is 0.278 e. The van der Waals surface area contributed by atoms with E-state index in [9.17, 15) is 0 Å². The average Bonchev–Trinajstić information content (AvgIpc) is 4.03. The first-order chi connectivity index (χ1) is 31.7. The lowest BCUT2D eigenvalue weighted by molar-refractivity contribution is 0.893. The number of nitrogens with zero attached hydrogens (tertiary/aromatic N) is 5. The van der Waals surface area contributed by atoms with E-state index < -0.39 is 8.07 Å². The molecule has 0 amide bonds. The maximum atomic E-state index is 5.47. The molecule has 9 aromatic carbocycles. The molecule has 4 heterocycles. The van der Waals surface area contributed by atoms with Crippen LogP contribution in [-0.2, 0) is 0 Å². The summed E-state index contributed by atoms with van der Waals surface area (Å²) in [5.74, 6) is 1.73. The summed E-state index contributed by atoms with van der Waals surface area (Å²) in [6.45, 7) is 0. The van der Waals surface area contributed by atoms with E-state index in [1.807, 2.05) is 11.3 Å². The molecule has 0 spiro atoms. The third-order valence-electron chi connectivity index (χ3n) is 13.0. The average molecular weight is 852 g/mol. The lowest BCUT2D eigenvalue weighted by atomic mass is 10.1. The first kappa shape index (κ1) is 36.7. The van der Waals surface area contributed by atoms with Gasteiger partial charge in [-0.05, 0) is 57.1 Å². The molecule has 0 saturated carbocycles.